The van der Waals surface area contributed by atoms with E-state index in [1.54, 1.807) is 12.3 Å². The summed E-state index contributed by atoms with van der Waals surface area (Å²) < 4.78 is 1.16. The minimum atomic E-state index is -1.32. The molecule has 3 aromatic rings. The number of nitrogens with zero attached hydrogens (tertiary/aromatic N) is 4. The van der Waals surface area contributed by atoms with Gasteiger partial charge in [-0.25, -0.2) is 9.78 Å². The average Bonchev–Trinajstić information content (AvgIpc) is 2.71. The number of rotatable bonds is 3. The lowest BCUT2D eigenvalue weighted by Crippen LogP contribution is -2.47. The lowest BCUT2D eigenvalue weighted by atomic mass is 10.1. The van der Waals surface area contributed by atoms with Crippen LogP contribution >= 0.6 is 0 Å². The molecule has 4 rings (SSSR count). The summed E-state index contributed by atoms with van der Waals surface area (Å²) in [4.78, 5) is 32.4. The molecule has 9 heteroatoms. The van der Waals surface area contributed by atoms with Gasteiger partial charge in [-0.15, -0.1) is 0 Å². The molecule has 2 aromatic heterocycles. The van der Waals surface area contributed by atoms with E-state index < -0.39 is 11.4 Å². The summed E-state index contributed by atoms with van der Waals surface area (Å²) >= 11 is 0. The molecular formula is C19H20N6O3. The number of aromatic carboxylic acids is 1. The number of fused-ring (bicyclic) bond motifs is 1. The molecular weight excluding hydrogens is 360 g/mol. The van der Waals surface area contributed by atoms with Gasteiger partial charge in [0.1, 0.15) is 11.4 Å². The summed E-state index contributed by atoms with van der Waals surface area (Å²) in [7, 11) is 0. The molecule has 0 unspecified atom stereocenters. The molecule has 0 saturated carbocycles. The van der Waals surface area contributed by atoms with Gasteiger partial charge in [0.2, 0.25) is 5.43 Å². The summed E-state index contributed by atoms with van der Waals surface area (Å²) in [6.07, 6.45) is 2.90. The number of nitrogen functional groups attached to an aromatic ring is 2. The molecule has 3 heterocycles. The lowest BCUT2D eigenvalue weighted by Gasteiger charge is -2.37. The molecule has 0 aliphatic carbocycles. The summed E-state index contributed by atoms with van der Waals surface area (Å²) in [6, 6.07) is 9.08. The molecule has 0 spiro atoms. The fourth-order valence-electron chi connectivity index (χ4n) is 3.55. The molecule has 144 valence electrons. The van der Waals surface area contributed by atoms with Crippen molar-refractivity contribution in [1.29, 1.82) is 0 Å². The first-order chi connectivity index (χ1) is 13.5. The number of hydrogen-bond acceptors (Lipinski definition) is 7. The number of carboxylic acid groups (broad SMARTS) is 1. The Labute approximate surface area is 160 Å². The largest absolute Gasteiger partial charge is 0.477 e. The van der Waals surface area contributed by atoms with Gasteiger partial charge >= 0.3 is 5.97 Å². The lowest BCUT2D eigenvalue weighted by molar-refractivity contribution is 0.0695. The number of pyridine rings is 2. The number of carbonyl (C=O) groups is 1. The number of piperazine rings is 1. The minimum absolute atomic E-state index is 0.191. The van der Waals surface area contributed by atoms with Crippen molar-refractivity contribution in [1.82, 2.24) is 9.66 Å². The van der Waals surface area contributed by atoms with Crippen LogP contribution in [-0.2, 0) is 0 Å². The van der Waals surface area contributed by atoms with Gasteiger partial charge < -0.3 is 26.5 Å². The smallest absolute Gasteiger partial charge is 0.341 e. The van der Waals surface area contributed by atoms with Crippen LogP contribution in [0.3, 0.4) is 0 Å². The van der Waals surface area contributed by atoms with Crippen molar-refractivity contribution in [2.75, 3.05) is 47.6 Å². The zero-order chi connectivity index (χ0) is 19.8. The molecule has 1 fully saturated rings. The van der Waals surface area contributed by atoms with Crippen molar-refractivity contribution < 1.29 is 9.90 Å². The zero-order valence-corrected chi connectivity index (χ0v) is 15.1. The second-order valence-electron chi connectivity index (χ2n) is 6.67. The zero-order valence-electron chi connectivity index (χ0n) is 15.1. The molecule has 0 radical (unpaired) electrons. The third-order valence-corrected chi connectivity index (χ3v) is 5.00. The van der Waals surface area contributed by atoms with E-state index in [1.165, 1.54) is 6.07 Å². The Bertz CT molecular complexity index is 1100. The maximum absolute atomic E-state index is 12.4. The predicted octanol–water partition coefficient (Wildman–Crippen LogP) is 0.717. The Kier molecular flexibility index (Phi) is 4.26. The highest BCUT2D eigenvalue weighted by molar-refractivity contribution is 5.95. The molecule has 1 aromatic carbocycles. The van der Waals surface area contributed by atoms with Crippen molar-refractivity contribution in [3.8, 4) is 0 Å². The number of nitrogens with two attached hydrogens (primary N) is 2. The van der Waals surface area contributed by atoms with Crippen LogP contribution in [-0.4, -0.2) is 46.9 Å². The molecule has 5 N–H and O–H groups in total. The second kappa shape index (κ2) is 6.76. The van der Waals surface area contributed by atoms with E-state index in [-0.39, 0.29) is 10.9 Å². The molecule has 1 aliphatic heterocycles. The van der Waals surface area contributed by atoms with Crippen molar-refractivity contribution in [2.45, 2.75) is 0 Å². The van der Waals surface area contributed by atoms with Gasteiger partial charge in [-0.3, -0.25) is 9.47 Å². The molecule has 0 amide bonds. The fraction of sp³-hybridized carbons (Fsp3) is 0.211. The first-order valence-electron chi connectivity index (χ1n) is 8.84. The van der Waals surface area contributed by atoms with Crippen LogP contribution in [0.25, 0.3) is 10.9 Å². The van der Waals surface area contributed by atoms with Crippen LogP contribution in [0.5, 0.6) is 0 Å². The maximum Gasteiger partial charge on any atom is 0.341 e. The van der Waals surface area contributed by atoms with Crippen LogP contribution < -0.4 is 26.8 Å². The van der Waals surface area contributed by atoms with Gasteiger partial charge in [0.25, 0.3) is 0 Å². The Balaban J connectivity index is 1.66. The number of aromatic nitrogens is 2. The topological polar surface area (TPSA) is 131 Å². The normalized spacial score (nSPS) is 14.4. The fourth-order valence-corrected chi connectivity index (χ4v) is 3.55. The van der Waals surface area contributed by atoms with Gasteiger partial charge in [-0.05, 0) is 24.3 Å². The number of carboxylic acids is 1. The molecule has 1 aliphatic rings. The van der Waals surface area contributed by atoms with E-state index in [2.05, 4.69) is 14.8 Å². The van der Waals surface area contributed by atoms with E-state index in [0.717, 1.165) is 48.6 Å². The summed E-state index contributed by atoms with van der Waals surface area (Å²) in [5.41, 5.74) is 6.85. The first kappa shape index (κ1) is 17.7. The van der Waals surface area contributed by atoms with E-state index in [4.69, 9.17) is 11.6 Å². The highest BCUT2D eigenvalue weighted by Gasteiger charge is 2.22. The Morgan fingerprint density at radius 1 is 1.11 bits per heavy atom. The standard InChI is InChI=1S/C19H20N6O3/c20-14-9-12-15(25(21)11-13(18(12)26)19(27)28)10-16(14)23-5-7-24(8-6-23)17-3-1-2-4-22-17/h1-4,9-11H,5-8,20-21H2,(H,27,28). The highest BCUT2D eigenvalue weighted by atomic mass is 16.4. The van der Waals surface area contributed by atoms with Gasteiger partial charge in [-0.2, -0.15) is 0 Å². The van der Waals surface area contributed by atoms with Crippen molar-refractivity contribution in [3.63, 3.8) is 0 Å². The SMILES string of the molecule is Nc1cc2c(=O)c(C(=O)O)cn(N)c2cc1N1CCN(c2ccccn2)CC1. The van der Waals surface area contributed by atoms with Crippen LogP contribution in [0.1, 0.15) is 10.4 Å². The Hall–Kier alpha value is -3.75. The maximum atomic E-state index is 12.4. The Morgan fingerprint density at radius 3 is 2.46 bits per heavy atom. The van der Waals surface area contributed by atoms with E-state index in [1.807, 2.05) is 18.2 Å². The highest BCUT2D eigenvalue weighted by Crippen LogP contribution is 2.29. The van der Waals surface area contributed by atoms with Crippen LogP contribution in [0, 0.1) is 0 Å². The van der Waals surface area contributed by atoms with Crippen LogP contribution in [0.4, 0.5) is 17.2 Å². The van der Waals surface area contributed by atoms with E-state index in [9.17, 15) is 14.7 Å². The van der Waals surface area contributed by atoms with Gasteiger partial charge in [0.05, 0.1) is 22.3 Å². The third kappa shape index (κ3) is 2.96. The molecule has 28 heavy (non-hydrogen) atoms. The average molecular weight is 380 g/mol. The van der Waals surface area contributed by atoms with E-state index in [0.29, 0.717) is 11.2 Å². The predicted molar refractivity (Wildman–Crippen MR) is 108 cm³/mol. The summed E-state index contributed by atoms with van der Waals surface area (Å²) in [5, 5.41) is 9.37. The van der Waals surface area contributed by atoms with Crippen molar-refractivity contribution >= 4 is 34.1 Å². The first-order valence-corrected chi connectivity index (χ1v) is 8.84. The number of benzene rings is 1. The quantitative estimate of drug-likeness (QED) is 0.447. The molecule has 0 bridgehead atoms. The number of hydrogen-bond donors (Lipinski definition) is 3. The Morgan fingerprint density at radius 2 is 1.82 bits per heavy atom. The third-order valence-electron chi connectivity index (χ3n) is 5.00. The second-order valence-corrected chi connectivity index (χ2v) is 6.67. The molecule has 0 atom stereocenters. The monoisotopic (exact) mass is 380 g/mol. The molecule has 1 saturated heterocycles. The summed E-state index contributed by atoms with van der Waals surface area (Å²) in [6.45, 7) is 3.02. The van der Waals surface area contributed by atoms with Gasteiger partial charge in [-0.1, -0.05) is 6.07 Å². The van der Waals surface area contributed by atoms with E-state index >= 15 is 0 Å². The van der Waals surface area contributed by atoms with Crippen LogP contribution in [0.15, 0.2) is 47.5 Å². The van der Waals surface area contributed by atoms with Crippen molar-refractivity contribution in [3.05, 3.63) is 58.5 Å². The van der Waals surface area contributed by atoms with Gasteiger partial charge in [0, 0.05) is 38.6 Å². The minimum Gasteiger partial charge on any atom is -0.477 e. The van der Waals surface area contributed by atoms with Gasteiger partial charge in [0.15, 0.2) is 0 Å². The number of anilines is 3. The molecule has 9 nitrogen and oxygen atoms in total. The van der Waals surface area contributed by atoms with Crippen LogP contribution in [0.2, 0.25) is 0 Å². The van der Waals surface area contributed by atoms with Crippen molar-refractivity contribution in [2.24, 2.45) is 0 Å². The summed E-state index contributed by atoms with van der Waals surface area (Å²) in [5.74, 6) is 5.56.